The lowest BCUT2D eigenvalue weighted by atomic mass is 9.93. The molecule has 0 bridgehead atoms. The van der Waals surface area contributed by atoms with E-state index in [0.717, 1.165) is 37.3 Å². The first-order chi connectivity index (χ1) is 13.2. The molecule has 0 spiro atoms. The van der Waals surface area contributed by atoms with E-state index in [9.17, 15) is 9.59 Å². The van der Waals surface area contributed by atoms with E-state index in [2.05, 4.69) is 20.9 Å². The van der Waals surface area contributed by atoms with Gasteiger partial charge in [0.1, 0.15) is 12.5 Å². The van der Waals surface area contributed by atoms with Crippen LogP contribution in [0.4, 0.5) is 5.69 Å². The standard InChI is InChI=1S/C20H24N4O3/c25-17-4-1-3-16-19(17)15(11-22-16)20(26)24-13-6-8-14(9-7-13)27-12-23-18-5-2-10-21-18/h6-9,11,18,21-23H,1-5,10,12H2,(H,24,26)/t18-/m1/s1. The molecule has 7 nitrogen and oxygen atoms in total. The predicted molar refractivity (Wildman–Crippen MR) is 102 cm³/mol. The number of hydrogen-bond acceptors (Lipinski definition) is 5. The molecule has 4 N–H and O–H groups in total. The monoisotopic (exact) mass is 368 g/mol. The summed E-state index contributed by atoms with van der Waals surface area (Å²) in [4.78, 5) is 27.8. The van der Waals surface area contributed by atoms with Gasteiger partial charge in [-0.25, -0.2) is 0 Å². The normalized spacial score (nSPS) is 19.0. The van der Waals surface area contributed by atoms with Crippen molar-refractivity contribution in [3.05, 3.63) is 47.3 Å². The zero-order valence-corrected chi connectivity index (χ0v) is 15.1. The molecule has 1 aromatic carbocycles. The van der Waals surface area contributed by atoms with Crippen LogP contribution in [0.2, 0.25) is 0 Å². The number of aryl methyl sites for hydroxylation is 1. The average molecular weight is 368 g/mol. The smallest absolute Gasteiger partial charge is 0.257 e. The van der Waals surface area contributed by atoms with Crippen LogP contribution in [-0.4, -0.2) is 36.1 Å². The van der Waals surface area contributed by atoms with Crippen LogP contribution in [0.5, 0.6) is 5.75 Å². The Hall–Kier alpha value is -2.64. The van der Waals surface area contributed by atoms with Gasteiger partial charge in [0.25, 0.3) is 5.91 Å². The molecule has 1 saturated heterocycles. The number of nitrogens with one attached hydrogen (secondary N) is 4. The number of aromatic nitrogens is 1. The number of ketones is 1. The van der Waals surface area contributed by atoms with Gasteiger partial charge in [0.05, 0.1) is 17.3 Å². The van der Waals surface area contributed by atoms with Crippen molar-refractivity contribution in [2.45, 2.75) is 38.3 Å². The molecule has 27 heavy (non-hydrogen) atoms. The highest BCUT2D eigenvalue weighted by Crippen LogP contribution is 2.25. The molecule has 0 unspecified atom stereocenters. The van der Waals surface area contributed by atoms with Crippen molar-refractivity contribution in [3.63, 3.8) is 0 Å². The molecule has 4 rings (SSSR count). The number of benzene rings is 1. The van der Waals surface area contributed by atoms with Gasteiger partial charge in [0.2, 0.25) is 0 Å². The first kappa shape index (κ1) is 17.8. The van der Waals surface area contributed by atoms with Crippen molar-refractivity contribution in [1.29, 1.82) is 0 Å². The van der Waals surface area contributed by atoms with Crippen molar-refractivity contribution in [2.75, 3.05) is 18.6 Å². The summed E-state index contributed by atoms with van der Waals surface area (Å²) < 4.78 is 5.68. The number of rotatable bonds is 6. The first-order valence-corrected chi connectivity index (χ1v) is 9.45. The molecule has 2 heterocycles. The van der Waals surface area contributed by atoms with E-state index in [0.29, 0.717) is 36.1 Å². The number of amides is 1. The molecule has 7 heteroatoms. The topological polar surface area (TPSA) is 95.2 Å². The van der Waals surface area contributed by atoms with Crippen LogP contribution in [0.25, 0.3) is 0 Å². The fourth-order valence-corrected chi connectivity index (χ4v) is 3.63. The number of ether oxygens (including phenoxy) is 1. The number of carbonyl (C=O) groups excluding carboxylic acids is 2. The zero-order chi connectivity index (χ0) is 18.6. The van der Waals surface area contributed by atoms with E-state index < -0.39 is 0 Å². The van der Waals surface area contributed by atoms with E-state index in [1.807, 2.05) is 12.1 Å². The number of hydrogen-bond donors (Lipinski definition) is 4. The minimum Gasteiger partial charge on any atom is -0.478 e. The molecule has 1 aliphatic heterocycles. The van der Waals surface area contributed by atoms with E-state index in [1.54, 1.807) is 18.3 Å². The summed E-state index contributed by atoms with van der Waals surface area (Å²) in [6, 6.07) is 7.22. The highest BCUT2D eigenvalue weighted by atomic mass is 16.5. The van der Waals surface area contributed by atoms with Crippen molar-refractivity contribution >= 4 is 17.4 Å². The second kappa shape index (κ2) is 7.94. The summed E-state index contributed by atoms with van der Waals surface area (Å²) in [6.07, 6.45) is 6.39. The van der Waals surface area contributed by atoms with Gasteiger partial charge in [-0.3, -0.25) is 14.9 Å². The summed E-state index contributed by atoms with van der Waals surface area (Å²) in [6.45, 7) is 1.48. The van der Waals surface area contributed by atoms with Crippen molar-refractivity contribution < 1.29 is 14.3 Å². The Balaban J connectivity index is 1.33. The molecular weight excluding hydrogens is 344 g/mol. The van der Waals surface area contributed by atoms with E-state index in [1.165, 1.54) is 6.42 Å². The van der Waals surface area contributed by atoms with Crippen molar-refractivity contribution in [2.24, 2.45) is 0 Å². The highest BCUT2D eigenvalue weighted by molar-refractivity contribution is 6.13. The summed E-state index contributed by atoms with van der Waals surface area (Å²) in [5.41, 5.74) is 2.49. The fourth-order valence-electron chi connectivity index (χ4n) is 3.63. The van der Waals surface area contributed by atoms with Crippen molar-refractivity contribution in [3.8, 4) is 5.75 Å². The Morgan fingerprint density at radius 2 is 2.04 bits per heavy atom. The molecule has 142 valence electrons. The zero-order valence-electron chi connectivity index (χ0n) is 15.1. The highest BCUT2D eigenvalue weighted by Gasteiger charge is 2.25. The third kappa shape index (κ3) is 4.04. The molecule has 1 fully saturated rings. The first-order valence-electron chi connectivity index (χ1n) is 9.45. The van der Waals surface area contributed by atoms with Crippen LogP contribution in [0.15, 0.2) is 30.5 Å². The van der Waals surface area contributed by atoms with Gasteiger partial charge >= 0.3 is 0 Å². The van der Waals surface area contributed by atoms with Crippen LogP contribution in [0, 0.1) is 0 Å². The van der Waals surface area contributed by atoms with Gasteiger partial charge in [0.15, 0.2) is 5.78 Å². The Kier molecular flexibility index (Phi) is 5.22. The van der Waals surface area contributed by atoms with Crippen LogP contribution in [-0.2, 0) is 6.42 Å². The van der Waals surface area contributed by atoms with E-state index in [-0.39, 0.29) is 11.7 Å². The Bertz CT molecular complexity index is 822. The molecule has 1 aliphatic carbocycles. The molecule has 2 aliphatic rings. The van der Waals surface area contributed by atoms with Gasteiger partial charge < -0.3 is 20.4 Å². The third-order valence-electron chi connectivity index (χ3n) is 5.06. The maximum absolute atomic E-state index is 12.6. The molecule has 0 radical (unpaired) electrons. The maximum atomic E-state index is 12.6. The quantitative estimate of drug-likeness (QED) is 0.588. The molecule has 1 atom stereocenters. The fraction of sp³-hybridized carbons (Fsp3) is 0.400. The van der Waals surface area contributed by atoms with Crippen LogP contribution in [0.1, 0.15) is 52.1 Å². The Morgan fingerprint density at radius 3 is 2.81 bits per heavy atom. The lowest BCUT2D eigenvalue weighted by molar-refractivity contribution is 0.0956. The van der Waals surface area contributed by atoms with Crippen molar-refractivity contribution in [1.82, 2.24) is 15.6 Å². The largest absolute Gasteiger partial charge is 0.478 e. The molecule has 0 saturated carbocycles. The molecular formula is C20H24N4O3. The number of aromatic amines is 1. The second-order valence-corrected chi connectivity index (χ2v) is 6.95. The molecule has 2 aromatic rings. The minimum atomic E-state index is -0.273. The van der Waals surface area contributed by atoms with Gasteiger partial charge in [-0.05, 0) is 56.5 Å². The second-order valence-electron chi connectivity index (χ2n) is 6.95. The lowest BCUT2D eigenvalue weighted by Gasteiger charge is -2.14. The lowest BCUT2D eigenvalue weighted by Crippen LogP contribution is -2.39. The van der Waals surface area contributed by atoms with Crippen LogP contribution in [0.3, 0.4) is 0 Å². The van der Waals surface area contributed by atoms with E-state index in [4.69, 9.17) is 4.74 Å². The number of H-pyrrole nitrogens is 1. The van der Waals surface area contributed by atoms with Crippen LogP contribution >= 0.6 is 0 Å². The van der Waals surface area contributed by atoms with Gasteiger partial charge in [-0.2, -0.15) is 0 Å². The summed E-state index contributed by atoms with van der Waals surface area (Å²) in [5, 5.41) is 9.49. The Morgan fingerprint density at radius 1 is 1.19 bits per heavy atom. The summed E-state index contributed by atoms with van der Waals surface area (Å²) >= 11 is 0. The summed E-state index contributed by atoms with van der Waals surface area (Å²) in [5.74, 6) is 0.494. The Labute approximate surface area is 157 Å². The third-order valence-corrected chi connectivity index (χ3v) is 5.06. The van der Waals surface area contributed by atoms with Gasteiger partial charge in [0, 0.05) is 24.0 Å². The number of carbonyl (C=O) groups is 2. The summed E-state index contributed by atoms with van der Waals surface area (Å²) in [7, 11) is 0. The maximum Gasteiger partial charge on any atom is 0.257 e. The van der Waals surface area contributed by atoms with E-state index >= 15 is 0 Å². The number of Topliss-reactive ketones (excluding diaryl/α,β-unsaturated/α-hetero) is 1. The minimum absolute atomic E-state index is 0.0376. The van der Waals surface area contributed by atoms with Crippen LogP contribution < -0.4 is 20.7 Å². The molecule has 1 amide bonds. The predicted octanol–water partition coefficient (Wildman–Crippen LogP) is 2.42. The number of fused-ring (bicyclic) bond motifs is 1. The number of anilines is 1. The molecule has 1 aromatic heterocycles. The van der Waals surface area contributed by atoms with Gasteiger partial charge in [-0.1, -0.05) is 0 Å². The average Bonchev–Trinajstić information content (AvgIpc) is 3.33. The van der Waals surface area contributed by atoms with Gasteiger partial charge in [-0.15, -0.1) is 0 Å². The SMILES string of the molecule is O=C(Nc1ccc(OCN[C@@H]2CCCN2)cc1)c1c[nH]c2c1C(=O)CCC2.